The normalized spacial score (nSPS) is 26.1. The fourth-order valence-electron chi connectivity index (χ4n) is 1.82. The van der Waals surface area contributed by atoms with Gasteiger partial charge in [-0.25, -0.2) is 0 Å². The summed E-state index contributed by atoms with van der Waals surface area (Å²) in [5.41, 5.74) is 0. The molecule has 1 saturated heterocycles. The molecule has 4 heteroatoms. The van der Waals surface area contributed by atoms with Crippen LogP contribution in [0.3, 0.4) is 0 Å². The van der Waals surface area contributed by atoms with Crippen LogP contribution in [0.4, 0.5) is 0 Å². The second kappa shape index (κ2) is 6.24. The molecule has 1 N–H and O–H groups in total. The average Bonchev–Trinajstić information content (AvgIpc) is 2.23. The van der Waals surface area contributed by atoms with Crippen molar-refractivity contribution in [1.29, 1.82) is 0 Å². The molecular formula is C12H19NO2Se. The third kappa shape index (κ3) is 2.76. The Bertz CT molecular complexity index is 278. The molecule has 1 heterocycles. The number of aliphatic hydroxyl groups is 1. The first kappa shape index (κ1) is 13.5. The van der Waals surface area contributed by atoms with Gasteiger partial charge in [-0.2, -0.15) is 0 Å². The molecule has 0 radical (unpaired) electrons. The number of hydrogen-bond acceptors (Lipinski definition) is 2. The van der Waals surface area contributed by atoms with E-state index in [0.29, 0.717) is 15.0 Å². The molecule has 0 aromatic carbocycles. The molecule has 3 atom stereocenters. The summed E-state index contributed by atoms with van der Waals surface area (Å²) in [6, 6.07) is 0. The number of rotatable bonds is 7. The number of hydrogen-bond donors (Lipinski definition) is 1. The zero-order chi connectivity index (χ0) is 12.1. The number of nitrogens with zero attached hydrogens (tertiary/aromatic N) is 1. The molecule has 0 spiro atoms. The molecule has 0 aromatic heterocycles. The molecule has 1 aliphatic rings. The Labute approximate surface area is 103 Å². The Kier molecular flexibility index (Phi) is 5.26. The zero-order valence-electron chi connectivity index (χ0n) is 9.63. The molecule has 0 aromatic rings. The predicted octanol–water partition coefficient (Wildman–Crippen LogP) is 1.04. The number of allylic oxidation sites excluding steroid dienone is 1. The van der Waals surface area contributed by atoms with Crippen molar-refractivity contribution >= 4 is 20.9 Å². The molecule has 1 rings (SSSR count). The van der Waals surface area contributed by atoms with Crippen LogP contribution in [0.1, 0.15) is 13.3 Å². The van der Waals surface area contributed by atoms with Gasteiger partial charge in [0, 0.05) is 0 Å². The fraction of sp³-hybridized carbons (Fsp3) is 0.583. The van der Waals surface area contributed by atoms with Gasteiger partial charge in [-0.1, -0.05) is 0 Å². The van der Waals surface area contributed by atoms with E-state index in [1.54, 1.807) is 6.92 Å². The molecule has 16 heavy (non-hydrogen) atoms. The summed E-state index contributed by atoms with van der Waals surface area (Å²) >= 11 is 0.318. The molecule has 1 aliphatic heterocycles. The number of amides is 1. The molecule has 0 aliphatic carbocycles. The van der Waals surface area contributed by atoms with Crippen molar-refractivity contribution in [1.82, 2.24) is 4.90 Å². The van der Waals surface area contributed by atoms with Crippen LogP contribution in [-0.4, -0.2) is 48.5 Å². The van der Waals surface area contributed by atoms with E-state index in [4.69, 9.17) is 0 Å². The number of carbonyl (C=O) groups is 1. The van der Waals surface area contributed by atoms with Gasteiger partial charge in [0.15, 0.2) is 0 Å². The third-order valence-electron chi connectivity index (χ3n) is 2.66. The summed E-state index contributed by atoms with van der Waals surface area (Å²) < 4.78 is 0. The van der Waals surface area contributed by atoms with Gasteiger partial charge in [0.1, 0.15) is 0 Å². The van der Waals surface area contributed by atoms with Gasteiger partial charge in [0.05, 0.1) is 0 Å². The Morgan fingerprint density at radius 1 is 1.56 bits per heavy atom. The van der Waals surface area contributed by atoms with E-state index in [1.165, 1.54) is 0 Å². The van der Waals surface area contributed by atoms with Gasteiger partial charge < -0.3 is 0 Å². The molecule has 1 amide bonds. The van der Waals surface area contributed by atoms with Gasteiger partial charge in [0.2, 0.25) is 0 Å². The summed E-state index contributed by atoms with van der Waals surface area (Å²) in [6.45, 7) is 9.79. The number of aliphatic hydroxyl groups excluding tert-OH is 1. The van der Waals surface area contributed by atoms with E-state index in [2.05, 4.69) is 13.2 Å². The molecule has 0 saturated carbocycles. The van der Waals surface area contributed by atoms with Gasteiger partial charge in [0.25, 0.3) is 0 Å². The monoisotopic (exact) mass is 289 g/mol. The van der Waals surface area contributed by atoms with Gasteiger partial charge >= 0.3 is 103 Å². The third-order valence-corrected chi connectivity index (χ3v) is 5.43. The first-order valence-corrected chi connectivity index (χ1v) is 7.65. The minimum atomic E-state index is -0.538. The van der Waals surface area contributed by atoms with Crippen molar-refractivity contribution in [3.05, 3.63) is 25.3 Å². The second-order valence-electron chi connectivity index (χ2n) is 3.89. The van der Waals surface area contributed by atoms with Crippen LogP contribution >= 0.6 is 0 Å². The zero-order valence-corrected chi connectivity index (χ0v) is 11.3. The predicted molar refractivity (Wildman–Crippen MR) is 66.2 cm³/mol. The van der Waals surface area contributed by atoms with Crippen molar-refractivity contribution in [2.24, 2.45) is 5.92 Å². The van der Waals surface area contributed by atoms with E-state index >= 15 is 0 Å². The maximum atomic E-state index is 11.8. The average molecular weight is 288 g/mol. The van der Waals surface area contributed by atoms with E-state index in [-0.39, 0.29) is 16.8 Å². The van der Waals surface area contributed by atoms with Gasteiger partial charge in [-0.3, -0.25) is 0 Å². The van der Waals surface area contributed by atoms with Crippen LogP contribution in [0, 0.1) is 5.92 Å². The van der Waals surface area contributed by atoms with E-state index < -0.39 is 6.10 Å². The fourth-order valence-corrected chi connectivity index (χ4v) is 4.50. The molecule has 1 fully saturated rings. The SMILES string of the molecule is C=CCCN1C(=O)[C@H]([C@@H](C)O)[C@H]1[Se]CC=C. The topological polar surface area (TPSA) is 40.5 Å². The van der Waals surface area contributed by atoms with Crippen LogP contribution in [0.2, 0.25) is 5.32 Å². The van der Waals surface area contributed by atoms with Crippen molar-refractivity contribution in [2.45, 2.75) is 29.7 Å². The maximum absolute atomic E-state index is 11.8. The molecular weight excluding hydrogens is 269 g/mol. The Morgan fingerprint density at radius 2 is 2.25 bits per heavy atom. The molecule has 90 valence electrons. The van der Waals surface area contributed by atoms with Crippen LogP contribution < -0.4 is 0 Å². The van der Waals surface area contributed by atoms with Crippen molar-refractivity contribution in [2.75, 3.05) is 6.54 Å². The molecule has 0 bridgehead atoms. The first-order chi connectivity index (χ1) is 7.63. The first-order valence-electron chi connectivity index (χ1n) is 5.45. The number of β-lactam (4-membered cyclic amide) rings is 1. The Morgan fingerprint density at radius 3 is 2.75 bits per heavy atom. The van der Waals surface area contributed by atoms with E-state index in [1.807, 2.05) is 17.1 Å². The summed E-state index contributed by atoms with van der Waals surface area (Å²) in [6.07, 6.45) is 3.98. The van der Waals surface area contributed by atoms with Crippen LogP contribution in [-0.2, 0) is 4.79 Å². The van der Waals surface area contributed by atoms with Crippen LogP contribution in [0.15, 0.2) is 25.3 Å². The molecule has 3 nitrogen and oxygen atoms in total. The summed E-state index contributed by atoms with van der Waals surface area (Å²) in [5, 5.41) is 10.5. The summed E-state index contributed by atoms with van der Waals surface area (Å²) in [5.74, 6) is -0.0995. The van der Waals surface area contributed by atoms with E-state index in [9.17, 15) is 9.90 Å². The minimum absolute atomic E-state index is 0.0905. The number of likely N-dealkylation sites (tertiary alicyclic amines) is 1. The Hall–Kier alpha value is -0.571. The summed E-state index contributed by atoms with van der Waals surface area (Å²) in [7, 11) is 0. The molecule has 0 unspecified atom stereocenters. The van der Waals surface area contributed by atoms with Crippen LogP contribution in [0.25, 0.3) is 0 Å². The van der Waals surface area contributed by atoms with Crippen molar-refractivity contribution in [3.63, 3.8) is 0 Å². The standard InChI is InChI=1S/C12H19NO2Se/c1-4-6-7-13-11(15)10(9(3)14)12(13)16-8-5-2/h4-5,9-10,12,14H,1-2,6-8H2,3H3/t9-,10+,12-/m1/s1. The Balaban J connectivity index is 2.58. The van der Waals surface area contributed by atoms with E-state index in [0.717, 1.165) is 18.3 Å². The van der Waals surface area contributed by atoms with Gasteiger partial charge in [-0.05, 0) is 0 Å². The van der Waals surface area contributed by atoms with Gasteiger partial charge in [-0.15, -0.1) is 0 Å². The quantitative estimate of drug-likeness (QED) is 0.432. The van der Waals surface area contributed by atoms with Crippen molar-refractivity contribution < 1.29 is 9.90 Å². The van der Waals surface area contributed by atoms with Crippen LogP contribution in [0.5, 0.6) is 0 Å². The number of carbonyl (C=O) groups excluding carboxylic acids is 1. The van der Waals surface area contributed by atoms with Crippen molar-refractivity contribution in [3.8, 4) is 0 Å². The summed E-state index contributed by atoms with van der Waals surface area (Å²) in [4.78, 5) is 13.9. The second-order valence-corrected chi connectivity index (χ2v) is 6.30.